The van der Waals surface area contributed by atoms with Gasteiger partial charge >= 0.3 is 0 Å². The number of carbonyl (C=O) groups excluding carboxylic acids is 1. The third-order valence-corrected chi connectivity index (χ3v) is 7.69. The van der Waals surface area contributed by atoms with Crippen LogP contribution in [0.4, 0.5) is 11.4 Å². The van der Waals surface area contributed by atoms with E-state index in [9.17, 15) is 4.79 Å². The van der Waals surface area contributed by atoms with E-state index in [0.29, 0.717) is 76.8 Å². The average molecular weight is 590 g/mol. The van der Waals surface area contributed by atoms with E-state index in [1.165, 1.54) is 0 Å². The zero-order valence-corrected chi connectivity index (χ0v) is 25.3. The number of nitrogens with zero attached hydrogens (tertiary/aromatic N) is 2. The number of hydrogen-bond acceptors (Lipinski definition) is 9. The predicted octanol–water partition coefficient (Wildman–Crippen LogP) is 6.28. The van der Waals surface area contributed by atoms with E-state index in [2.05, 4.69) is 18.8 Å². The summed E-state index contributed by atoms with van der Waals surface area (Å²) in [5.41, 5.74) is 7.66. The number of fused-ring (bicyclic) bond motifs is 2. The third-order valence-electron chi connectivity index (χ3n) is 7.69. The van der Waals surface area contributed by atoms with Crippen LogP contribution in [0.2, 0.25) is 0 Å². The van der Waals surface area contributed by atoms with Gasteiger partial charge in [-0.15, -0.1) is 0 Å². The lowest BCUT2D eigenvalue weighted by Crippen LogP contribution is -2.35. The number of rotatable bonds is 12. The van der Waals surface area contributed by atoms with Crippen molar-refractivity contribution in [2.45, 2.75) is 39.2 Å². The number of nitrogen functional groups attached to an aromatic ring is 1. The Morgan fingerprint density at radius 3 is 2.35 bits per heavy atom. The molecule has 0 spiro atoms. The van der Waals surface area contributed by atoms with Gasteiger partial charge in [0, 0.05) is 36.4 Å². The van der Waals surface area contributed by atoms with E-state index in [-0.39, 0.29) is 17.4 Å². The molecule has 0 radical (unpaired) electrons. The molecule has 43 heavy (non-hydrogen) atoms. The average Bonchev–Trinajstić information content (AvgIpc) is 3.44. The molecule has 2 N–H and O–H groups in total. The highest BCUT2D eigenvalue weighted by molar-refractivity contribution is 6.03. The summed E-state index contributed by atoms with van der Waals surface area (Å²) in [5.74, 6) is 3.96. The molecule has 2 aliphatic rings. The number of hydrogen-bond donors (Lipinski definition) is 1. The molecular formula is C33H39N3O7. The lowest BCUT2D eigenvalue weighted by molar-refractivity contribution is 0.0774. The monoisotopic (exact) mass is 589 g/mol. The Labute approximate surface area is 252 Å². The molecule has 2 aliphatic heterocycles. The van der Waals surface area contributed by atoms with Crippen LogP contribution in [0.1, 0.15) is 43.5 Å². The molecule has 3 aromatic rings. The zero-order chi connectivity index (χ0) is 30.6. The van der Waals surface area contributed by atoms with Gasteiger partial charge in [0.2, 0.25) is 0 Å². The molecule has 1 saturated heterocycles. The van der Waals surface area contributed by atoms with Crippen LogP contribution in [0.5, 0.6) is 40.2 Å². The van der Waals surface area contributed by atoms with Crippen molar-refractivity contribution >= 4 is 23.5 Å². The highest BCUT2D eigenvalue weighted by Gasteiger charge is 2.32. The van der Waals surface area contributed by atoms with E-state index in [4.69, 9.17) is 34.2 Å². The first kappa shape index (κ1) is 29.9. The van der Waals surface area contributed by atoms with E-state index < -0.39 is 0 Å². The summed E-state index contributed by atoms with van der Waals surface area (Å²) in [6, 6.07) is 14.2. The number of methoxy groups -OCH3 is 3. The number of benzene rings is 3. The Morgan fingerprint density at radius 1 is 0.884 bits per heavy atom. The molecule has 1 atom stereocenters. The van der Waals surface area contributed by atoms with Gasteiger partial charge in [-0.3, -0.25) is 9.79 Å². The van der Waals surface area contributed by atoms with Gasteiger partial charge < -0.3 is 39.1 Å². The van der Waals surface area contributed by atoms with Crippen molar-refractivity contribution in [2.75, 3.05) is 46.8 Å². The van der Waals surface area contributed by atoms with Crippen LogP contribution in [-0.4, -0.2) is 64.2 Å². The number of amides is 1. The number of ether oxygens (including phenoxy) is 6. The van der Waals surface area contributed by atoms with Crippen molar-refractivity contribution in [3.8, 4) is 40.2 Å². The summed E-state index contributed by atoms with van der Waals surface area (Å²) in [5, 5.41) is 0. The summed E-state index contributed by atoms with van der Waals surface area (Å²) in [6.45, 7) is 5.84. The van der Waals surface area contributed by atoms with Crippen LogP contribution in [-0.2, 0) is 0 Å². The summed E-state index contributed by atoms with van der Waals surface area (Å²) in [4.78, 5) is 19.6. The number of aliphatic imine (C=N–C) groups is 1. The molecule has 1 amide bonds. The Hall–Kier alpha value is -4.60. The van der Waals surface area contributed by atoms with Gasteiger partial charge in [0.1, 0.15) is 11.5 Å². The van der Waals surface area contributed by atoms with E-state index in [1.54, 1.807) is 63.8 Å². The van der Waals surface area contributed by atoms with Crippen LogP contribution in [0.25, 0.3) is 0 Å². The van der Waals surface area contributed by atoms with Gasteiger partial charge in [-0.05, 0) is 49.6 Å². The quantitative estimate of drug-likeness (QED) is 0.246. The molecule has 10 nitrogen and oxygen atoms in total. The largest absolute Gasteiger partial charge is 0.493 e. The number of nitrogens with two attached hydrogens (primary N) is 1. The topological polar surface area (TPSA) is 114 Å². The molecule has 1 fully saturated rings. The maximum absolute atomic E-state index is 13.1. The van der Waals surface area contributed by atoms with Crippen LogP contribution >= 0.6 is 0 Å². The molecule has 10 heteroatoms. The Balaban J connectivity index is 1.17. The van der Waals surface area contributed by atoms with Crippen molar-refractivity contribution in [3.05, 3.63) is 54.1 Å². The summed E-state index contributed by atoms with van der Waals surface area (Å²) >= 11 is 0. The smallest absolute Gasteiger partial charge is 0.256 e. The second-order valence-corrected chi connectivity index (χ2v) is 11.4. The van der Waals surface area contributed by atoms with Crippen LogP contribution in [0, 0.1) is 5.41 Å². The van der Waals surface area contributed by atoms with Crippen molar-refractivity contribution in [1.82, 2.24) is 4.90 Å². The highest BCUT2D eigenvalue weighted by Crippen LogP contribution is 2.39. The van der Waals surface area contributed by atoms with E-state index in [1.807, 2.05) is 17.2 Å². The van der Waals surface area contributed by atoms with Gasteiger partial charge in [-0.2, -0.15) is 0 Å². The Kier molecular flexibility index (Phi) is 8.84. The zero-order valence-electron chi connectivity index (χ0n) is 25.3. The second kappa shape index (κ2) is 12.7. The number of carbonyl (C=O) groups is 1. The molecule has 3 aromatic carbocycles. The Bertz CT molecular complexity index is 1500. The normalized spacial score (nSPS) is 15.8. The summed E-state index contributed by atoms with van der Waals surface area (Å²) in [7, 11) is 4.73. The fraction of sp³-hybridized carbons (Fsp3) is 0.394. The van der Waals surface area contributed by atoms with Crippen LogP contribution in [0.15, 0.2) is 53.5 Å². The lowest BCUT2D eigenvalue weighted by Gasteiger charge is -2.25. The van der Waals surface area contributed by atoms with Crippen molar-refractivity contribution < 1.29 is 33.2 Å². The summed E-state index contributed by atoms with van der Waals surface area (Å²) < 4.78 is 34.4. The minimum atomic E-state index is -0.207. The molecule has 5 rings (SSSR count). The fourth-order valence-corrected chi connectivity index (χ4v) is 5.12. The first-order chi connectivity index (χ1) is 20.7. The van der Waals surface area contributed by atoms with Crippen LogP contribution in [0.3, 0.4) is 0 Å². The molecule has 228 valence electrons. The standard InChI is InChI=1S/C33H39N3O7/c1-33(2,20-42-22-8-10-27(25(34)15-22)43-23-9-11-28(38-3)29(16-23)39-4)12-14-41-31-18-26-24(17-30(31)40-5)32(37)36-13-6-7-21(36)19-35-26/h8-11,15-19,21H,6-7,12-14,20,34H2,1-5H3. The third kappa shape index (κ3) is 6.74. The molecule has 0 saturated carbocycles. The highest BCUT2D eigenvalue weighted by atomic mass is 16.5. The number of anilines is 1. The molecule has 1 unspecified atom stereocenters. The molecule has 0 aliphatic carbocycles. The fourth-order valence-electron chi connectivity index (χ4n) is 5.12. The van der Waals surface area contributed by atoms with E-state index >= 15 is 0 Å². The van der Waals surface area contributed by atoms with Crippen LogP contribution < -0.4 is 34.2 Å². The molecule has 0 aromatic heterocycles. The minimum absolute atomic E-state index is 0.0145. The van der Waals surface area contributed by atoms with Gasteiger partial charge in [-0.1, -0.05) is 13.8 Å². The van der Waals surface area contributed by atoms with Crippen molar-refractivity contribution in [1.29, 1.82) is 0 Å². The lowest BCUT2D eigenvalue weighted by atomic mass is 9.91. The molecular weight excluding hydrogens is 550 g/mol. The first-order valence-corrected chi connectivity index (χ1v) is 14.3. The van der Waals surface area contributed by atoms with E-state index in [0.717, 1.165) is 19.4 Å². The maximum Gasteiger partial charge on any atom is 0.256 e. The summed E-state index contributed by atoms with van der Waals surface area (Å²) in [6.07, 6.45) is 4.50. The molecule has 0 bridgehead atoms. The van der Waals surface area contributed by atoms with Crippen molar-refractivity contribution in [2.24, 2.45) is 10.4 Å². The maximum atomic E-state index is 13.1. The van der Waals surface area contributed by atoms with Gasteiger partial charge in [0.15, 0.2) is 28.7 Å². The second-order valence-electron chi connectivity index (χ2n) is 11.4. The SMILES string of the molecule is COc1ccc(Oc2ccc(OCC(C)(C)CCOc3cc4c(cc3OC)C(=O)N3CCCC3C=N4)cc2N)cc1OC. The molecule has 2 heterocycles. The van der Waals surface area contributed by atoms with Gasteiger partial charge in [0.05, 0.1) is 57.5 Å². The Morgan fingerprint density at radius 2 is 1.60 bits per heavy atom. The minimum Gasteiger partial charge on any atom is -0.493 e. The predicted molar refractivity (Wildman–Crippen MR) is 165 cm³/mol. The van der Waals surface area contributed by atoms with Gasteiger partial charge in [0.25, 0.3) is 5.91 Å². The van der Waals surface area contributed by atoms with Gasteiger partial charge in [-0.25, -0.2) is 0 Å². The van der Waals surface area contributed by atoms with Crippen molar-refractivity contribution in [3.63, 3.8) is 0 Å². The first-order valence-electron chi connectivity index (χ1n) is 14.3.